The Morgan fingerprint density at radius 2 is 1.86 bits per heavy atom. The molecule has 178 valence electrons. The molecule has 0 bridgehead atoms. The average molecular weight is 487 g/mol. The van der Waals surface area contributed by atoms with Crippen LogP contribution in [0.25, 0.3) is 16.7 Å². The van der Waals surface area contributed by atoms with Gasteiger partial charge < -0.3 is 14.4 Å². The van der Waals surface area contributed by atoms with E-state index in [0.29, 0.717) is 29.7 Å². The Labute approximate surface area is 209 Å². The number of carbonyl (C=O) groups is 1. The summed E-state index contributed by atoms with van der Waals surface area (Å²) >= 11 is 6.31. The molecule has 0 N–H and O–H groups in total. The topological polar surface area (TPSA) is 67.2 Å². The van der Waals surface area contributed by atoms with Crippen molar-refractivity contribution in [2.24, 2.45) is 0 Å². The molecule has 3 aromatic heterocycles. The molecule has 8 heteroatoms. The Hall–Kier alpha value is -3.45. The lowest BCUT2D eigenvalue weighted by Crippen LogP contribution is -2.58. The van der Waals surface area contributed by atoms with Crippen LogP contribution in [0.3, 0.4) is 0 Å². The second kappa shape index (κ2) is 8.64. The van der Waals surface area contributed by atoms with Gasteiger partial charge in [0.05, 0.1) is 5.39 Å². The van der Waals surface area contributed by atoms with Gasteiger partial charge in [-0.1, -0.05) is 23.7 Å². The summed E-state index contributed by atoms with van der Waals surface area (Å²) in [5, 5.41) is 1.81. The minimum atomic E-state index is -0.0248. The van der Waals surface area contributed by atoms with Gasteiger partial charge in [-0.2, -0.15) is 0 Å². The fourth-order valence-electron chi connectivity index (χ4n) is 5.16. The summed E-state index contributed by atoms with van der Waals surface area (Å²) in [4.78, 5) is 31.2. The minimum absolute atomic E-state index is 0.0186. The molecule has 1 aromatic carbocycles. The monoisotopic (exact) mass is 486 g/mol. The highest BCUT2D eigenvalue weighted by molar-refractivity contribution is 6.30. The van der Waals surface area contributed by atoms with Crippen molar-refractivity contribution < 1.29 is 4.79 Å². The summed E-state index contributed by atoms with van der Waals surface area (Å²) < 4.78 is 2.13. The number of nitrogens with zero attached hydrogens (tertiary/aromatic N) is 6. The summed E-state index contributed by atoms with van der Waals surface area (Å²) in [6.45, 7) is 5.55. The van der Waals surface area contributed by atoms with E-state index in [1.54, 1.807) is 18.6 Å². The number of hydrogen-bond donors (Lipinski definition) is 0. The zero-order chi connectivity index (χ0) is 24.1. The summed E-state index contributed by atoms with van der Waals surface area (Å²) in [6.07, 6.45) is 7.89. The van der Waals surface area contributed by atoms with Crippen LogP contribution in [-0.2, 0) is 0 Å². The molecule has 4 aromatic rings. The van der Waals surface area contributed by atoms with E-state index in [2.05, 4.69) is 40.6 Å². The Morgan fingerprint density at radius 1 is 1.00 bits per heavy atom. The molecule has 7 nitrogen and oxygen atoms in total. The number of fused-ring (bicyclic) bond motifs is 1. The minimum Gasteiger partial charge on any atom is -0.349 e. The van der Waals surface area contributed by atoms with E-state index >= 15 is 0 Å². The van der Waals surface area contributed by atoms with Crippen LogP contribution in [0.1, 0.15) is 48.7 Å². The number of carbonyl (C=O) groups excluding carboxylic acids is 1. The molecule has 4 heterocycles. The van der Waals surface area contributed by atoms with Gasteiger partial charge in [-0.15, -0.1) is 0 Å². The quantitative estimate of drug-likeness (QED) is 0.402. The third kappa shape index (κ3) is 3.93. The van der Waals surface area contributed by atoms with Crippen molar-refractivity contribution in [3.63, 3.8) is 0 Å². The maximum absolute atomic E-state index is 13.2. The SMILES string of the molecule is C[C@@H]1CN(c2ncnc3c2c(C2CC2)cn3-c2cccc(Cl)c2)[C@@H](C)CN1C(=O)c1ccccn1. The predicted molar refractivity (Wildman–Crippen MR) is 137 cm³/mol. The Bertz CT molecular complexity index is 1400. The molecule has 0 radical (unpaired) electrons. The van der Waals surface area contributed by atoms with Crippen LogP contribution >= 0.6 is 11.6 Å². The van der Waals surface area contributed by atoms with Gasteiger partial charge in [-0.05, 0) is 68.5 Å². The summed E-state index contributed by atoms with van der Waals surface area (Å²) in [5.41, 5.74) is 3.67. The van der Waals surface area contributed by atoms with E-state index in [0.717, 1.165) is 22.5 Å². The molecule has 2 aliphatic rings. The first kappa shape index (κ1) is 22.0. The number of amides is 1. The Kier molecular flexibility index (Phi) is 5.44. The molecule has 35 heavy (non-hydrogen) atoms. The molecule has 0 spiro atoms. The number of rotatable bonds is 4. The number of benzene rings is 1. The van der Waals surface area contributed by atoms with E-state index in [9.17, 15) is 4.79 Å². The third-order valence-electron chi connectivity index (χ3n) is 7.10. The van der Waals surface area contributed by atoms with Gasteiger partial charge in [-0.25, -0.2) is 9.97 Å². The molecule has 6 rings (SSSR count). The van der Waals surface area contributed by atoms with Gasteiger partial charge in [0.25, 0.3) is 5.91 Å². The molecule has 1 saturated heterocycles. The van der Waals surface area contributed by atoms with Crippen molar-refractivity contribution in [2.45, 2.75) is 44.7 Å². The van der Waals surface area contributed by atoms with Gasteiger partial charge >= 0.3 is 0 Å². The summed E-state index contributed by atoms with van der Waals surface area (Å²) in [7, 11) is 0. The van der Waals surface area contributed by atoms with Crippen molar-refractivity contribution >= 4 is 34.4 Å². The lowest BCUT2D eigenvalue weighted by Gasteiger charge is -2.44. The Morgan fingerprint density at radius 3 is 2.60 bits per heavy atom. The van der Waals surface area contributed by atoms with Crippen molar-refractivity contribution in [3.8, 4) is 5.69 Å². The Balaban J connectivity index is 1.39. The third-order valence-corrected chi connectivity index (χ3v) is 7.33. The smallest absolute Gasteiger partial charge is 0.272 e. The molecule has 1 aliphatic heterocycles. The zero-order valence-corrected chi connectivity index (χ0v) is 20.6. The lowest BCUT2D eigenvalue weighted by atomic mass is 10.1. The van der Waals surface area contributed by atoms with Crippen LogP contribution in [0.5, 0.6) is 0 Å². The molecular weight excluding hydrogens is 460 g/mol. The first-order valence-electron chi connectivity index (χ1n) is 12.1. The molecule has 1 amide bonds. The summed E-state index contributed by atoms with van der Waals surface area (Å²) in [5.74, 6) is 1.45. The zero-order valence-electron chi connectivity index (χ0n) is 19.8. The number of halogens is 1. The van der Waals surface area contributed by atoms with Gasteiger partial charge in [0, 0.05) is 48.3 Å². The van der Waals surface area contributed by atoms with Crippen molar-refractivity contribution in [1.29, 1.82) is 0 Å². The first-order chi connectivity index (χ1) is 17.0. The van der Waals surface area contributed by atoms with Crippen LogP contribution in [0.4, 0.5) is 5.82 Å². The fourth-order valence-corrected chi connectivity index (χ4v) is 5.34. The highest BCUT2D eigenvalue weighted by Gasteiger charge is 2.36. The van der Waals surface area contributed by atoms with Gasteiger partial charge in [0.1, 0.15) is 23.5 Å². The number of pyridine rings is 1. The molecule has 1 saturated carbocycles. The number of hydrogen-bond acceptors (Lipinski definition) is 5. The van der Waals surface area contributed by atoms with Crippen LogP contribution < -0.4 is 4.90 Å². The second-order valence-electron chi connectivity index (χ2n) is 9.63. The van der Waals surface area contributed by atoms with E-state index in [-0.39, 0.29) is 18.0 Å². The van der Waals surface area contributed by atoms with Crippen LogP contribution in [0.15, 0.2) is 61.2 Å². The maximum Gasteiger partial charge on any atom is 0.272 e. The van der Waals surface area contributed by atoms with Crippen molar-refractivity contribution in [1.82, 2.24) is 24.4 Å². The van der Waals surface area contributed by atoms with E-state index in [4.69, 9.17) is 21.6 Å². The molecular formula is C27H27ClN6O. The van der Waals surface area contributed by atoms with Gasteiger partial charge in [0.15, 0.2) is 0 Å². The molecule has 0 unspecified atom stereocenters. The van der Waals surface area contributed by atoms with Crippen molar-refractivity contribution in [3.05, 3.63) is 77.5 Å². The van der Waals surface area contributed by atoms with Crippen LogP contribution in [0.2, 0.25) is 5.02 Å². The lowest BCUT2D eigenvalue weighted by molar-refractivity contribution is 0.0638. The fraction of sp³-hybridized carbons (Fsp3) is 0.333. The van der Waals surface area contributed by atoms with Crippen molar-refractivity contribution in [2.75, 3.05) is 18.0 Å². The maximum atomic E-state index is 13.2. The van der Waals surface area contributed by atoms with E-state index < -0.39 is 0 Å². The highest BCUT2D eigenvalue weighted by atomic mass is 35.5. The normalized spacial score (nSPS) is 20.4. The first-order valence-corrected chi connectivity index (χ1v) is 12.5. The van der Waals surface area contributed by atoms with Crippen LogP contribution in [-0.4, -0.2) is 55.5 Å². The van der Waals surface area contributed by atoms with Gasteiger partial charge in [-0.3, -0.25) is 9.78 Å². The molecule has 2 atom stereocenters. The number of piperazine rings is 1. The predicted octanol–water partition coefficient (Wildman–Crippen LogP) is 5.09. The second-order valence-corrected chi connectivity index (χ2v) is 10.1. The number of anilines is 1. The van der Waals surface area contributed by atoms with Crippen LogP contribution in [0, 0.1) is 0 Å². The van der Waals surface area contributed by atoms with E-state index in [1.165, 1.54) is 18.4 Å². The standard InChI is InChI=1S/C27H27ClN6O/c1-17-14-33(27(35)23-8-3-4-11-29-23)18(2)13-32(17)25-24-22(19-9-10-19)15-34(26(24)31-16-30-25)21-7-5-6-20(28)12-21/h3-8,11-12,15-19H,9-10,13-14H2,1-2H3/t17-,18+/m0/s1. The van der Waals surface area contributed by atoms with E-state index in [1.807, 2.05) is 35.2 Å². The number of aromatic nitrogens is 4. The molecule has 2 fully saturated rings. The largest absolute Gasteiger partial charge is 0.349 e. The summed E-state index contributed by atoms with van der Waals surface area (Å²) in [6, 6.07) is 13.4. The average Bonchev–Trinajstić information content (AvgIpc) is 3.65. The highest BCUT2D eigenvalue weighted by Crippen LogP contribution is 2.46. The van der Waals surface area contributed by atoms with Gasteiger partial charge in [0.2, 0.25) is 0 Å². The molecule has 1 aliphatic carbocycles.